The molecule has 0 bridgehead atoms. The van der Waals surface area contributed by atoms with Gasteiger partial charge in [0.15, 0.2) is 6.29 Å². The van der Waals surface area contributed by atoms with E-state index in [-0.39, 0.29) is 12.5 Å². The molecule has 0 saturated carbocycles. The molecule has 6 N–H and O–H groups in total. The average Bonchev–Trinajstić information content (AvgIpc) is 3.31. The highest BCUT2D eigenvalue weighted by Crippen LogP contribution is 2.23. The number of amides is 1. The van der Waals surface area contributed by atoms with Crippen molar-refractivity contribution in [2.45, 2.75) is 301 Å². The van der Waals surface area contributed by atoms with Gasteiger partial charge in [0.2, 0.25) is 5.91 Å². The second kappa shape index (κ2) is 46.2. The molecular weight excluding hydrogens is 815 g/mol. The number of aliphatic hydroxyl groups excluding tert-OH is 5. The van der Waals surface area contributed by atoms with E-state index in [0.29, 0.717) is 6.42 Å². The SMILES string of the molecule is CCC/C=C\C/C=C\CCCCCCCC(=O)NC(COC1OC(CO)C(O)C(O)C1O)C(O)/C=C/CCCCCCCCCCCCCCCCCCCCCCCCCCCCC. The molecule has 1 fully saturated rings. The van der Waals surface area contributed by atoms with Crippen LogP contribution in [0, 0.1) is 0 Å². The smallest absolute Gasteiger partial charge is 0.220 e. The van der Waals surface area contributed by atoms with Crippen molar-refractivity contribution in [3.05, 3.63) is 36.5 Å². The highest BCUT2D eigenvalue weighted by atomic mass is 16.7. The maximum absolute atomic E-state index is 13.0. The number of allylic oxidation sites excluding steroid dienone is 5. The number of unbranched alkanes of at least 4 members (excludes halogenated alkanes) is 33. The summed E-state index contributed by atoms with van der Waals surface area (Å²) in [4.78, 5) is 13.0. The van der Waals surface area contributed by atoms with Gasteiger partial charge in [-0.05, 0) is 44.9 Å². The molecule has 1 aliphatic heterocycles. The van der Waals surface area contributed by atoms with E-state index < -0.39 is 49.5 Å². The molecule has 0 aromatic carbocycles. The third-order valence-corrected chi connectivity index (χ3v) is 13.2. The number of hydrogen-bond donors (Lipinski definition) is 6. The molecule has 9 nitrogen and oxygen atoms in total. The van der Waals surface area contributed by atoms with Gasteiger partial charge in [0, 0.05) is 6.42 Å². The predicted octanol–water partition coefficient (Wildman–Crippen LogP) is 13.2. The Labute approximate surface area is 400 Å². The molecule has 1 amide bonds. The van der Waals surface area contributed by atoms with Crippen LogP contribution in [0.15, 0.2) is 36.5 Å². The Morgan fingerprint density at radius 1 is 0.523 bits per heavy atom. The zero-order valence-electron chi connectivity index (χ0n) is 42.3. The number of aliphatic hydroxyl groups is 5. The lowest BCUT2D eigenvalue weighted by atomic mass is 9.99. The van der Waals surface area contributed by atoms with Gasteiger partial charge in [-0.3, -0.25) is 4.79 Å². The first-order chi connectivity index (χ1) is 31.8. The van der Waals surface area contributed by atoms with E-state index in [9.17, 15) is 30.3 Å². The van der Waals surface area contributed by atoms with Gasteiger partial charge < -0.3 is 40.3 Å². The normalized spacial score (nSPS) is 20.1. The number of nitrogens with one attached hydrogen (secondary N) is 1. The molecule has 1 saturated heterocycles. The molecule has 7 unspecified atom stereocenters. The van der Waals surface area contributed by atoms with E-state index in [1.54, 1.807) is 6.08 Å². The van der Waals surface area contributed by atoms with Crippen LogP contribution in [-0.4, -0.2) is 87.5 Å². The summed E-state index contributed by atoms with van der Waals surface area (Å²) >= 11 is 0. The van der Waals surface area contributed by atoms with E-state index in [1.165, 1.54) is 167 Å². The Morgan fingerprint density at radius 2 is 0.938 bits per heavy atom. The molecule has 0 radical (unpaired) electrons. The summed E-state index contributed by atoms with van der Waals surface area (Å²) in [6.07, 6.45) is 52.2. The minimum atomic E-state index is -1.57. The molecule has 1 rings (SSSR count). The Balaban J connectivity index is 2.18. The summed E-state index contributed by atoms with van der Waals surface area (Å²) in [6, 6.07) is -0.812. The third-order valence-electron chi connectivity index (χ3n) is 13.2. The highest BCUT2D eigenvalue weighted by molar-refractivity contribution is 5.76. The lowest BCUT2D eigenvalue weighted by Crippen LogP contribution is -2.60. The van der Waals surface area contributed by atoms with Crippen LogP contribution >= 0.6 is 0 Å². The van der Waals surface area contributed by atoms with Gasteiger partial charge >= 0.3 is 0 Å². The fourth-order valence-electron chi connectivity index (χ4n) is 8.78. The molecule has 9 heteroatoms. The van der Waals surface area contributed by atoms with Crippen molar-refractivity contribution in [3.63, 3.8) is 0 Å². The van der Waals surface area contributed by atoms with Crippen LogP contribution in [0.5, 0.6) is 0 Å². The fourth-order valence-corrected chi connectivity index (χ4v) is 8.78. The Kier molecular flexibility index (Phi) is 43.6. The molecule has 7 atom stereocenters. The molecular formula is C56H105NO8. The summed E-state index contributed by atoms with van der Waals surface area (Å²) in [5.74, 6) is -0.190. The van der Waals surface area contributed by atoms with Crippen molar-refractivity contribution in [2.75, 3.05) is 13.2 Å². The lowest BCUT2D eigenvalue weighted by Gasteiger charge is -2.40. The molecule has 382 valence electrons. The lowest BCUT2D eigenvalue weighted by molar-refractivity contribution is -0.302. The molecule has 65 heavy (non-hydrogen) atoms. The molecule has 1 aliphatic rings. The Bertz CT molecular complexity index is 1110. The van der Waals surface area contributed by atoms with Gasteiger partial charge in [-0.2, -0.15) is 0 Å². The summed E-state index contributed by atoms with van der Waals surface area (Å²) in [5.41, 5.74) is 0. The van der Waals surface area contributed by atoms with Crippen LogP contribution in [0.25, 0.3) is 0 Å². The monoisotopic (exact) mass is 920 g/mol. The van der Waals surface area contributed by atoms with Crippen molar-refractivity contribution in [1.29, 1.82) is 0 Å². The summed E-state index contributed by atoms with van der Waals surface area (Å²) in [6.45, 7) is 3.72. The predicted molar refractivity (Wildman–Crippen MR) is 272 cm³/mol. The van der Waals surface area contributed by atoms with Gasteiger partial charge in [-0.15, -0.1) is 0 Å². The van der Waals surface area contributed by atoms with Crippen molar-refractivity contribution in [2.24, 2.45) is 0 Å². The van der Waals surface area contributed by atoms with Crippen LogP contribution in [0.1, 0.15) is 258 Å². The zero-order valence-corrected chi connectivity index (χ0v) is 42.3. The summed E-state index contributed by atoms with van der Waals surface area (Å²) < 4.78 is 11.2. The molecule has 1 heterocycles. The zero-order chi connectivity index (χ0) is 47.3. The van der Waals surface area contributed by atoms with E-state index in [0.717, 1.165) is 70.6 Å². The van der Waals surface area contributed by atoms with E-state index in [4.69, 9.17) is 9.47 Å². The average molecular weight is 920 g/mol. The maximum Gasteiger partial charge on any atom is 0.220 e. The number of carbonyl (C=O) groups excluding carboxylic acids is 1. The van der Waals surface area contributed by atoms with Crippen LogP contribution in [0.4, 0.5) is 0 Å². The second-order valence-corrected chi connectivity index (χ2v) is 19.4. The van der Waals surface area contributed by atoms with Crippen molar-refractivity contribution in [3.8, 4) is 0 Å². The van der Waals surface area contributed by atoms with Crippen LogP contribution in [0.3, 0.4) is 0 Å². The molecule has 0 aromatic heterocycles. The number of carbonyl (C=O) groups is 1. The molecule has 0 spiro atoms. The fraction of sp³-hybridized carbons (Fsp3) is 0.875. The van der Waals surface area contributed by atoms with E-state index >= 15 is 0 Å². The standard InChI is InChI=1S/C56H105NO8/c1-3-5-7-9-11-13-15-17-18-19-20-21-22-23-24-25-26-27-28-29-30-31-32-34-35-37-39-41-43-45-50(59)49(48-64-56-55(63)54(62)53(61)51(47-58)65-56)57-52(60)46-44-42-40-38-36-33-16-14-12-10-8-6-4-2/h8,10,14,16,43,45,49-51,53-56,58-59,61-63H,3-7,9,11-13,15,17-42,44,46-48H2,1-2H3,(H,57,60)/b10-8-,16-14-,45-43+. The molecule has 0 aliphatic carbocycles. The largest absolute Gasteiger partial charge is 0.394 e. The Hall–Kier alpha value is -1.59. The van der Waals surface area contributed by atoms with Crippen LogP contribution < -0.4 is 5.32 Å². The molecule has 0 aromatic rings. The van der Waals surface area contributed by atoms with Gasteiger partial charge in [0.1, 0.15) is 24.4 Å². The first kappa shape index (κ1) is 61.4. The topological polar surface area (TPSA) is 149 Å². The summed E-state index contributed by atoms with van der Waals surface area (Å²) in [5, 5.41) is 54.4. The third kappa shape index (κ3) is 36.1. The van der Waals surface area contributed by atoms with Gasteiger partial charge in [-0.1, -0.05) is 243 Å². The number of hydrogen-bond acceptors (Lipinski definition) is 8. The van der Waals surface area contributed by atoms with E-state index in [2.05, 4.69) is 43.5 Å². The van der Waals surface area contributed by atoms with Gasteiger partial charge in [0.25, 0.3) is 0 Å². The quantitative estimate of drug-likeness (QED) is 0.0261. The van der Waals surface area contributed by atoms with Crippen LogP contribution in [0.2, 0.25) is 0 Å². The van der Waals surface area contributed by atoms with Gasteiger partial charge in [-0.25, -0.2) is 0 Å². The highest BCUT2D eigenvalue weighted by Gasteiger charge is 2.44. The minimum Gasteiger partial charge on any atom is -0.394 e. The first-order valence-electron chi connectivity index (χ1n) is 27.7. The summed E-state index contributed by atoms with van der Waals surface area (Å²) in [7, 11) is 0. The number of ether oxygens (including phenoxy) is 2. The van der Waals surface area contributed by atoms with Gasteiger partial charge in [0.05, 0.1) is 25.4 Å². The maximum atomic E-state index is 13.0. The van der Waals surface area contributed by atoms with Crippen LogP contribution in [-0.2, 0) is 14.3 Å². The first-order valence-corrected chi connectivity index (χ1v) is 27.7. The van der Waals surface area contributed by atoms with Crippen molar-refractivity contribution in [1.82, 2.24) is 5.32 Å². The van der Waals surface area contributed by atoms with Crippen molar-refractivity contribution >= 4 is 5.91 Å². The second-order valence-electron chi connectivity index (χ2n) is 19.4. The van der Waals surface area contributed by atoms with Crippen molar-refractivity contribution < 1.29 is 39.8 Å². The number of rotatable bonds is 47. The minimum absolute atomic E-state index is 0.190. The Morgan fingerprint density at radius 3 is 1.38 bits per heavy atom. The van der Waals surface area contributed by atoms with E-state index in [1.807, 2.05) is 6.08 Å².